The number of nitrogens with one attached hydrogen (secondary N) is 1. The van der Waals surface area contributed by atoms with Crippen molar-refractivity contribution in [2.75, 3.05) is 0 Å². The maximum atomic E-state index is 11.1. The van der Waals surface area contributed by atoms with E-state index in [1.165, 1.54) is 16.3 Å². The van der Waals surface area contributed by atoms with E-state index in [1.807, 2.05) is 18.3 Å². The number of aryl methyl sites for hydroxylation is 3. The summed E-state index contributed by atoms with van der Waals surface area (Å²) < 4.78 is 1.78. The van der Waals surface area contributed by atoms with E-state index in [-0.39, 0.29) is 12.3 Å². The predicted molar refractivity (Wildman–Crippen MR) is 92.0 cm³/mol. The molecule has 2 aromatic carbocycles. The Morgan fingerprint density at radius 2 is 1.83 bits per heavy atom. The van der Waals surface area contributed by atoms with Crippen molar-refractivity contribution in [2.24, 2.45) is 0 Å². The lowest BCUT2D eigenvalue weighted by Crippen LogP contribution is -2.18. The third-order valence-electron chi connectivity index (χ3n) is 4.22. The first-order valence-electron chi connectivity index (χ1n) is 7.95. The Hall–Kier alpha value is -2.79. The van der Waals surface area contributed by atoms with Crippen LogP contribution in [-0.4, -0.2) is 20.8 Å². The van der Waals surface area contributed by atoms with Crippen LogP contribution in [0.25, 0.3) is 10.8 Å². The van der Waals surface area contributed by atoms with Crippen molar-refractivity contribution in [1.82, 2.24) is 10.0 Å². The van der Waals surface area contributed by atoms with Gasteiger partial charge in [0.25, 0.3) is 0 Å². The molecule has 0 saturated heterocycles. The van der Waals surface area contributed by atoms with Crippen LogP contribution in [0.15, 0.2) is 54.7 Å². The summed E-state index contributed by atoms with van der Waals surface area (Å²) in [5.41, 5.74) is 3.51. The van der Waals surface area contributed by atoms with Crippen LogP contribution in [0.2, 0.25) is 0 Å². The van der Waals surface area contributed by atoms with Crippen molar-refractivity contribution in [3.05, 3.63) is 65.9 Å². The van der Waals surface area contributed by atoms with Crippen LogP contribution >= 0.6 is 0 Å². The van der Waals surface area contributed by atoms with Crippen molar-refractivity contribution >= 4 is 16.7 Å². The molecule has 0 fully saturated rings. The highest BCUT2D eigenvalue weighted by atomic mass is 16.5. The topological polar surface area (TPSA) is 74.5 Å². The van der Waals surface area contributed by atoms with Crippen LogP contribution in [0, 0.1) is 0 Å². The van der Waals surface area contributed by atoms with Gasteiger partial charge in [0.1, 0.15) is 0 Å². The Labute approximate surface area is 140 Å². The summed E-state index contributed by atoms with van der Waals surface area (Å²) in [4.78, 5) is 11.1. The van der Waals surface area contributed by atoms with Gasteiger partial charge in [-0.3, -0.25) is 10.0 Å². The number of fused-ring (bicyclic) bond motifs is 1. The van der Waals surface area contributed by atoms with E-state index in [4.69, 9.17) is 5.21 Å². The molecule has 0 aliphatic heterocycles. The molecular weight excluding hydrogens is 304 g/mol. The van der Waals surface area contributed by atoms with Gasteiger partial charge in [-0.2, -0.15) is 0 Å². The van der Waals surface area contributed by atoms with Gasteiger partial charge in [0.05, 0.1) is 0 Å². The van der Waals surface area contributed by atoms with Crippen molar-refractivity contribution < 1.29 is 15.1 Å². The number of carbonyl (C=O) groups excluding carboxylic acids is 1. The van der Waals surface area contributed by atoms with Crippen LogP contribution in [0.4, 0.5) is 0 Å². The van der Waals surface area contributed by atoms with E-state index in [9.17, 15) is 9.90 Å². The van der Waals surface area contributed by atoms with E-state index in [0.29, 0.717) is 18.5 Å². The van der Waals surface area contributed by atoms with E-state index in [0.717, 1.165) is 6.42 Å². The van der Waals surface area contributed by atoms with Crippen molar-refractivity contribution in [1.29, 1.82) is 0 Å². The molecule has 0 aliphatic carbocycles. The zero-order chi connectivity index (χ0) is 16.9. The SMILES string of the molecule is O=C(CCc1ccn(CCc2ccc3ccccc3c2)c1O)NO. The number of amides is 1. The molecule has 124 valence electrons. The molecule has 5 heteroatoms. The number of benzene rings is 2. The molecule has 24 heavy (non-hydrogen) atoms. The number of hydrogen-bond donors (Lipinski definition) is 3. The second kappa shape index (κ2) is 7.19. The zero-order valence-electron chi connectivity index (χ0n) is 13.3. The summed E-state index contributed by atoms with van der Waals surface area (Å²) in [7, 11) is 0. The number of aromatic hydroxyl groups is 1. The Morgan fingerprint density at radius 1 is 1.04 bits per heavy atom. The molecule has 5 nitrogen and oxygen atoms in total. The van der Waals surface area contributed by atoms with E-state index >= 15 is 0 Å². The fourth-order valence-corrected chi connectivity index (χ4v) is 2.83. The Morgan fingerprint density at radius 3 is 2.62 bits per heavy atom. The molecule has 1 heterocycles. The summed E-state index contributed by atoms with van der Waals surface area (Å²) in [6.07, 6.45) is 3.16. The van der Waals surface area contributed by atoms with Gasteiger partial charge < -0.3 is 9.67 Å². The fraction of sp³-hybridized carbons (Fsp3) is 0.211. The molecule has 0 atom stereocenters. The number of rotatable bonds is 6. The van der Waals surface area contributed by atoms with Crippen molar-refractivity contribution in [3.63, 3.8) is 0 Å². The van der Waals surface area contributed by atoms with Crippen LogP contribution in [-0.2, 0) is 24.2 Å². The van der Waals surface area contributed by atoms with E-state index in [1.54, 1.807) is 16.1 Å². The first-order chi connectivity index (χ1) is 11.7. The van der Waals surface area contributed by atoms with Gasteiger partial charge in [-0.1, -0.05) is 42.5 Å². The third kappa shape index (κ3) is 3.58. The number of nitrogens with zero attached hydrogens (tertiary/aromatic N) is 1. The van der Waals surface area contributed by atoms with Crippen molar-refractivity contribution in [3.8, 4) is 5.88 Å². The molecule has 0 bridgehead atoms. The highest BCUT2D eigenvalue weighted by Gasteiger charge is 2.10. The molecule has 0 spiro atoms. The van der Waals surface area contributed by atoms with E-state index < -0.39 is 5.91 Å². The number of carbonyl (C=O) groups is 1. The Balaban J connectivity index is 1.65. The maximum absolute atomic E-state index is 11.1. The fourth-order valence-electron chi connectivity index (χ4n) is 2.83. The quantitative estimate of drug-likeness (QED) is 0.482. The summed E-state index contributed by atoms with van der Waals surface area (Å²) in [5.74, 6) is -0.278. The minimum Gasteiger partial charge on any atom is -0.494 e. The van der Waals surface area contributed by atoms with Gasteiger partial charge >= 0.3 is 0 Å². The Kier molecular flexibility index (Phi) is 4.82. The van der Waals surface area contributed by atoms with Gasteiger partial charge in [-0.15, -0.1) is 0 Å². The standard InChI is InChI=1S/C19H20N2O3/c22-18(20-24)8-7-16-10-12-21(19(16)23)11-9-14-5-6-15-3-1-2-4-17(15)13-14/h1-6,10,12-13,23-24H,7-9,11H2,(H,20,22). The molecule has 3 rings (SSSR count). The van der Waals surface area contributed by atoms with Gasteiger partial charge in [-0.05, 0) is 35.2 Å². The lowest BCUT2D eigenvalue weighted by atomic mass is 10.1. The first kappa shape index (κ1) is 16.1. The van der Waals surface area contributed by atoms with Gasteiger partial charge in [0.2, 0.25) is 5.91 Å². The number of hydroxylamine groups is 1. The minimum absolute atomic E-state index is 0.138. The highest BCUT2D eigenvalue weighted by molar-refractivity contribution is 5.83. The maximum Gasteiger partial charge on any atom is 0.243 e. The second-order valence-corrected chi connectivity index (χ2v) is 5.82. The summed E-state index contributed by atoms with van der Waals surface area (Å²) in [6.45, 7) is 0.663. The molecule has 0 saturated carbocycles. The lowest BCUT2D eigenvalue weighted by molar-refractivity contribution is -0.129. The van der Waals surface area contributed by atoms with Crippen LogP contribution < -0.4 is 5.48 Å². The number of hydrogen-bond acceptors (Lipinski definition) is 3. The van der Waals surface area contributed by atoms with Gasteiger partial charge in [0.15, 0.2) is 5.88 Å². The van der Waals surface area contributed by atoms with Gasteiger partial charge in [0, 0.05) is 24.7 Å². The predicted octanol–water partition coefficient (Wildman–Crippen LogP) is 3.03. The normalized spacial score (nSPS) is 10.9. The molecule has 0 aliphatic rings. The minimum atomic E-state index is -0.460. The first-order valence-corrected chi connectivity index (χ1v) is 7.95. The monoisotopic (exact) mass is 324 g/mol. The largest absolute Gasteiger partial charge is 0.494 e. The van der Waals surface area contributed by atoms with Crippen LogP contribution in [0.1, 0.15) is 17.5 Å². The molecule has 0 radical (unpaired) electrons. The lowest BCUT2D eigenvalue weighted by Gasteiger charge is -2.07. The highest BCUT2D eigenvalue weighted by Crippen LogP contribution is 2.22. The molecule has 3 N–H and O–H groups in total. The Bertz CT molecular complexity index is 855. The van der Waals surface area contributed by atoms with Crippen molar-refractivity contribution in [2.45, 2.75) is 25.8 Å². The van der Waals surface area contributed by atoms with Gasteiger partial charge in [-0.25, -0.2) is 5.48 Å². The summed E-state index contributed by atoms with van der Waals surface area (Å²) >= 11 is 0. The second-order valence-electron chi connectivity index (χ2n) is 5.82. The average Bonchev–Trinajstić information content (AvgIpc) is 2.97. The molecule has 0 unspecified atom stereocenters. The zero-order valence-corrected chi connectivity index (χ0v) is 13.3. The van der Waals surface area contributed by atoms with Crippen LogP contribution in [0.3, 0.4) is 0 Å². The summed E-state index contributed by atoms with van der Waals surface area (Å²) in [6, 6.07) is 16.4. The smallest absolute Gasteiger partial charge is 0.243 e. The van der Waals surface area contributed by atoms with E-state index in [2.05, 4.69) is 30.3 Å². The summed E-state index contributed by atoms with van der Waals surface area (Å²) in [5, 5.41) is 21.2. The average molecular weight is 324 g/mol. The van der Waals surface area contributed by atoms with Crippen LogP contribution in [0.5, 0.6) is 5.88 Å². The molecule has 3 aromatic rings. The molecule has 1 aromatic heterocycles. The molecular formula is C19H20N2O3. The molecule has 1 amide bonds. The third-order valence-corrected chi connectivity index (χ3v) is 4.22. The number of aromatic nitrogens is 1.